The van der Waals surface area contributed by atoms with Gasteiger partial charge in [0, 0.05) is 6.04 Å². The predicted molar refractivity (Wildman–Crippen MR) is 50.2 cm³/mol. The van der Waals surface area contributed by atoms with E-state index in [4.69, 9.17) is 5.73 Å². The van der Waals surface area contributed by atoms with E-state index < -0.39 is 11.9 Å². The van der Waals surface area contributed by atoms with Gasteiger partial charge in [0.1, 0.15) is 6.04 Å². The van der Waals surface area contributed by atoms with E-state index in [0.717, 1.165) is 6.42 Å². The molecule has 0 unspecified atom stereocenters. The van der Waals surface area contributed by atoms with Gasteiger partial charge in [-0.1, -0.05) is 0 Å². The molecule has 4 N–H and O–H groups in total. The molecule has 2 rings (SSSR count). The number of fused-ring (bicyclic) bond motifs is 1. The van der Waals surface area contributed by atoms with Crippen LogP contribution in [0.15, 0.2) is 0 Å². The van der Waals surface area contributed by atoms with E-state index in [1.165, 1.54) is 6.42 Å². The van der Waals surface area contributed by atoms with Crippen LogP contribution in [0.3, 0.4) is 0 Å². The van der Waals surface area contributed by atoms with Gasteiger partial charge in [0.2, 0.25) is 11.8 Å². The number of rotatable bonds is 3. The van der Waals surface area contributed by atoms with Gasteiger partial charge >= 0.3 is 0 Å². The van der Waals surface area contributed by atoms with E-state index in [1.807, 2.05) is 0 Å². The quantitative estimate of drug-likeness (QED) is 0.527. The molecule has 14 heavy (non-hydrogen) atoms. The molecular formula is C9H15N3O2. The second kappa shape index (κ2) is 3.24. The molecule has 0 radical (unpaired) electrons. The normalized spacial score (nSPS) is 35.9. The van der Waals surface area contributed by atoms with Gasteiger partial charge in [0.15, 0.2) is 0 Å². The fourth-order valence-corrected chi connectivity index (χ4v) is 1.91. The second-order valence-electron chi connectivity index (χ2n) is 4.19. The fraction of sp³-hybridized carbons (Fsp3) is 0.778. The topological polar surface area (TPSA) is 84.2 Å². The van der Waals surface area contributed by atoms with Crippen LogP contribution in [0.1, 0.15) is 19.8 Å². The molecule has 1 aliphatic carbocycles. The molecule has 1 saturated carbocycles. The Labute approximate surface area is 82.4 Å². The van der Waals surface area contributed by atoms with E-state index >= 15 is 0 Å². The Balaban J connectivity index is 1.81. The minimum atomic E-state index is -0.582. The molecule has 1 aliphatic heterocycles. The maximum atomic E-state index is 11.5. The van der Waals surface area contributed by atoms with Gasteiger partial charge in [-0.15, -0.1) is 0 Å². The zero-order chi connectivity index (χ0) is 10.3. The Morgan fingerprint density at radius 1 is 1.50 bits per heavy atom. The molecule has 0 aromatic carbocycles. The summed E-state index contributed by atoms with van der Waals surface area (Å²) < 4.78 is 0. The van der Waals surface area contributed by atoms with Crippen molar-refractivity contribution in [2.75, 3.05) is 0 Å². The summed E-state index contributed by atoms with van der Waals surface area (Å²) in [6, 6.07) is -0.170. The summed E-state index contributed by atoms with van der Waals surface area (Å²) in [7, 11) is 0. The Morgan fingerprint density at radius 2 is 2.21 bits per heavy atom. The lowest BCUT2D eigenvalue weighted by atomic mass is 10.1. The number of nitrogens with one attached hydrogen (secondary N) is 2. The van der Waals surface area contributed by atoms with E-state index in [1.54, 1.807) is 6.92 Å². The van der Waals surface area contributed by atoms with Crippen LogP contribution >= 0.6 is 0 Å². The molecule has 2 amide bonds. The molecule has 2 aliphatic rings. The Hall–Kier alpha value is -1.10. The molecule has 2 fully saturated rings. The van der Waals surface area contributed by atoms with Crippen LogP contribution in [0.4, 0.5) is 0 Å². The number of nitrogens with two attached hydrogens (primary N) is 1. The van der Waals surface area contributed by atoms with E-state index in [-0.39, 0.29) is 11.9 Å². The van der Waals surface area contributed by atoms with E-state index in [0.29, 0.717) is 12.0 Å². The van der Waals surface area contributed by atoms with E-state index in [9.17, 15) is 9.59 Å². The first-order chi connectivity index (χ1) is 6.58. The monoisotopic (exact) mass is 197 g/mol. The summed E-state index contributed by atoms with van der Waals surface area (Å²) in [6.07, 6.45) is 2.08. The average molecular weight is 197 g/mol. The van der Waals surface area contributed by atoms with Crippen molar-refractivity contribution in [3.63, 3.8) is 0 Å². The highest BCUT2D eigenvalue weighted by Gasteiger charge is 2.47. The van der Waals surface area contributed by atoms with Crippen molar-refractivity contribution in [2.45, 2.75) is 37.9 Å². The highest BCUT2D eigenvalue weighted by molar-refractivity contribution is 5.89. The van der Waals surface area contributed by atoms with Gasteiger partial charge in [-0.25, -0.2) is 0 Å². The van der Waals surface area contributed by atoms with Gasteiger partial charge in [-0.05, 0) is 25.7 Å². The predicted octanol–water partition coefficient (Wildman–Crippen LogP) is -1.27. The van der Waals surface area contributed by atoms with Crippen molar-refractivity contribution < 1.29 is 9.59 Å². The Morgan fingerprint density at radius 3 is 2.71 bits per heavy atom. The van der Waals surface area contributed by atoms with Crippen LogP contribution in [0.2, 0.25) is 0 Å². The SMILES string of the molecule is C[C@H](NC(=O)[C@@H]1C[C@H]2C[C@H]2N1)C(N)=O. The van der Waals surface area contributed by atoms with Gasteiger partial charge in [0.25, 0.3) is 0 Å². The van der Waals surface area contributed by atoms with Crippen LogP contribution in [0.25, 0.3) is 0 Å². The maximum absolute atomic E-state index is 11.5. The standard InChI is InChI=1S/C9H15N3O2/c1-4(8(10)13)11-9(14)7-3-5-2-6(5)12-7/h4-7,12H,2-3H2,1H3,(H2,10,13)(H,11,14)/t4-,5+,6+,7-/m0/s1. The summed E-state index contributed by atoms with van der Waals surface area (Å²) in [5, 5.41) is 5.79. The first-order valence-electron chi connectivity index (χ1n) is 4.93. The number of hydrogen-bond acceptors (Lipinski definition) is 3. The van der Waals surface area contributed by atoms with Crippen molar-refractivity contribution in [1.29, 1.82) is 0 Å². The van der Waals surface area contributed by atoms with Crippen LogP contribution in [0, 0.1) is 5.92 Å². The summed E-state index contributed by atoms with van der Waals surface area (Å²) in [6.45, 7) is 1.59. The van der Waals surface area contributed by atoms with Crippen LogP contribution in [-0.2, 0) is 9.59 Å². The zero-order valence-electron chi connectivity index (χ0n) is 8.12. The van der Waals surface area contributed by atoms with Crippen LogP contribution < -0.4 is 16.4 Å². The lowest BCUT2D eigenvalue weighted by molar-refractivity contribution is -0.128. The first kappa shape index (κ1) is 9.45. The number of carbonyl (C=O) groups is 2. The third kappa shape index (κ3) is 1.72. The van der Waals surface area contributed by atoms with Gasteiger partial charge in [0.05, 0.1) is 6.04 Å². The lowest BCUT2D eigenvalue weighted by Gasteiger charge is -2.16. The molecular weight excluding hydrogens is 182 g/mol. The minimum Gasteiger partial charge on any atom is -0.368 e. The summed E-state index contributed by atoms with van der Waals surface area (Å²) in [4.78, 5) is 22.3. The maximum Gasteiger partial charge on any atom is 0.239 e. The highest BCUT2D eigenvalue weighted by Crippen LogP contribution is 2.40. The minimum absolute atomic E-state index is 0.108. The van der Waals surface area contributed by atoms with Crippen molar-refractivity contribution in [2.24, 2.45) is 11.7 Å². The molecule has 0 bridgehead atoms. The fourth-order valence-electron chi connectivity index (χ4n) is 1.91. The first-order valence-corrected chi connectivity index (χ1v) is 4.93. The molecule has 5 heteroatoms. The van der Waals surface area contributed by atoms with Crippen molar-refractivity contribution in [1.82, 2.24) is 10.6 Å². The average Bonchev–Trinajstić information content (AvgIpc) is 2.73. The summed E-state index contributed by atoms with van der Waals surface area (Å²) >= 11 is 0. The zero-order valence-corrected chi connectivity index (χ0v) is 8.12. The Kier molecular flexibility index (Phi) is 2.19. The number of amides is 2. The lowest BCUT2D eigenvalue weighted by Crippen LogP contribution is -2.49. The third-order valence-corrected chi connectivity index (χ3v) is 2.98. The number of primary amides is 1. The third-order valence-electron chi connectivity index (χ3n) is 2.98. The van der Waals surface area contributed by atoms with Crippen molar-refractivity contribution in [3.8, 4) is 0 Å². The van der Waals surface area contributed by atoms with Crippen molar-refractivity contribution >= 4 is 11.8 Å². The highest BCUT2D eigenvalue weighted by atomic mass is 16.2. The number of hydrogen-bond donors (Lipinski definition) is 3. The molecule has 5 nitrogen and oxygen atoms in total. The largest absolute Gasteiger partial charge is 0.368 e. The molecule has 0 aromatic rings. The molecule has 1 heterocycles. The van der Waals surface area contributed by atoms with Crippen LogP contribution in [-0.4, -0.2) is 29.9 Å². The molecule has 4 atom stereocenters. The molecule has 1 saturated heterocycles. The molecule has 0 spiro atoms. The second-order valence-corrected chi connectivity index (χ2v) is 4.19. The number of carbonyl (C=O) groups excluding carboxylic acids is 2. The van der Waals surface area contributed by atoms with Gasteiger partial charge in [-0.2, -0.15) is 0 Å². The van der Waals surface area contributed by atoms with E-state index in [2.05, 4.69) is 10.6 Å². The van der Waals surface area contributed by atoms with Crippen LogP contribution in [0.5, 0.6) is 0 Å². The van der Waals surface area contributed by atoms with Gasteiger partial charge in [-0.3, -0.25) is 9.59 Å². The molecule has 78 valence electrons. The summed E-state index contributed by atoms with van der Waals surface area (Å²) in [5.41, 5.74) is 5.04. The van der Waals surface area contributed by atoms with Gasteiger partial charge < -0.3 is 16.4 Å². The Bertz CT molecular complexity index is 269. The summed E-state index contributed by atoms with van der Waals surface area (Å²) in [5.74, 6) is 0.0691. The number of piperidine rings is 1. The molecule has 0 aromatic heterocycles. The smallest absolute Gasteiger partial charge is 0.239 e. The van der Waals surface area contributed by atoms with Crippen molar-refractivity contribution in [3.05, 3.63) is 0 Å².